The Morgan fingerprint density at radius 3 is 2.64 bits per heavy atom. The summed E-state index contributed by atoms with van der Waals surface area (Å²) in [6.45, 7) is 1.10. The van der Waals surface area contributed by atoms with Crippen molar-refractivity contribution >= 4 is 61.0 Å². The first-order valence-electron chi connectivity index (χ1n) is 9.79. The van der Waals surface area contributed by atoms with Crippen LogP contribution in [-0.4, -0.2) is 32.5 Å². The fraction of sp³-hybridized carbons (Fsp3) is 0.190. The zero-order valence-electron chi connectivity index (χ0n) is 16.9. The maximum absolute atomic E-state index is 14.8. The first kappa shape index (κ1) is 23.9. The lowest BCUT2D eigenvalue weighted by Gasteiger charge is -2.27. The third-order valence-corrected chi connectivity index (χ3v) is 7.83. The van der Waals surface area contributed by atoms with E-state index in [9.17, 15) is 17.2 Å². The lowest BCUT2D eigenvalue weighted by atomic mass is 9.94. The molecule has 0 aliphatic carbocycles. The molecule has 2 heterocycles. The van der Waals surface area contributed by atoms with Crippen molar-refractivity contribution in [2.24, 2.45) is 0 Å². The molecule has 1 unspecified atom stereocenters. The van der Waals surface area contributed by atoms with Gasteiger partial charge >= 0.3 is 0 Å². The van der Waals surface area contributed by atoms with E-state index in [-0.39, 0.29) is 32.9 Å². The van der Waals surface area contributed by atoms with Gasteiger partial charge in [0.25, 0.3) is 10.0 Å². The minimum absolute atomic E-state index is 0.0150. The molecule has 0 saturated carbocycles. The van der Waals surface area contributed by atoms with Gasteiger partial charge in [-0.1, -0.05) is 41.4 Å². The van der Waals surface area contributed by atoms with Crippen molar-refractivity contribution in [2.45, 2.75) is 17.4 Å². The number of rotatable bonds is 7. The number of hydrogen-bond donors (Lipinski definition) is 3. The second-order valence-electron chi connectivity index (χ2n) is 7.19. The van der Waals surface area contributed by atoms with Crippen molar-refractivity contribution < 1.29 is 17.2 Å². The second kappa shape index (κ2) is 9.94. The molecule has 0 bridgehead atoms. The Morgan fingerprint density at radius 1 is 1.18 bits per heavy atom. The van der Waals surface area contributed by atoms with Crippen molar-refractivity contribution in [3.8, 4) is 0 Å². The Labute approximate surface area is 203 Å². The number of halogens is 4. The maximum atomic E-state index is 14.8. The number of hydrogen-bond acceptors (Lipinski definition) is 6. The van der Waals surface area contributed by atoms with Crippen LogP contribution in [-0.2, 0) is 10.0 Å². The van der Waals surface area contributed by atoms with Gasteiger partial charge in [-0.05, 0) is 48.4 Å². The summed E-state index contributed by atoms with van der Waals surface area (Å²) in [6.07, 6.45) is 2.90. The van der Waals surface area contributed by atoms with Gasteiger partial charge < -0.3 is 10.6 Å². The van der Waals surface area contributed by atoms with Gasteiger partial charge in [0, 0.05) is 18.0 Å². The monoisotopic (exact) mass is 530 g/mol. The van der Waals surface area contributed by atoms with E-state index in [4.69, 9.17) is 23.2 Å². The molecule has 174 valence electrons. The summed E-state index contributed by atoms with van der Waals surface area (Å²) < 4.78 is 55.4. The Balaban J connectivity index is 1.51. The SMILES string of the molecule is O=S(=O)(Nc1nc(Cl)cs1)c1cc(Cl)c(NCC2NCCC=C2c2ccc(F)cc2)cc1F. The molecular formula is C21H18Cl2F2N4O2S2. The number of anilines is 2. The van der Waals surface area contributed by atoms with E-state index in [1.54, 1.807) is 12.1 Å². The van der Waals surface area contributed by atoms with Crippen LogP contribution in [0.4, 0.5) is 19.6 Å². The minimum atomic E-state index is -4.25. The number of benzene rings is 2. The highest BCUT2D eigenvalue weighted by atomic mass is 35.5. The van der Waals surface area contributed by atoms with Crippen molar-refractivity contribution in [1.82, 2.24) is 10.3 Å². The van der Waals surface area contributed by atoms with Crippen LogP contribution >= 0.6 is 34.5 Å². The van der Waals surface area contributed by atoms with E-state index in [1.165, 1.54) is 17.5 Å². The Kier molecular flexibility index (Phi) is 7.20. The molecule has 1 aliphatic rings. The average molecular weight is 531 g/mol. The third-order valence-electron chi connectivity index (χ3n) is 4.96. The fourth-order valence-electron chi connectivity index (χ4n) is 3.43. The molecule has 1 aromatic heterocycles. The van der Waals surface area contributed by atoms with Gasteiger partial charge in [0.05, 0.1) is 10.7 Å². The lowest BCUT2D eigenvalue weighted by Crippen LogP contribution is -2.39. The Bertz CT molecular complexity index is 1300. The molecular weight excluding hydrogens is 513 g/mol. The molecule has 0 spiro atoms. The minimum Gasteiger partial charge on any atom is -0.382 e. The van der Waals surface area contributed by atoms with Gasteiger partial charge in [0.15, 0.2) is 5.13 Å². The normalized spacial score (nSPS) is 16.4. The summed E-state index contributed by atoms with van der Waals surface area (Å²) in [4.78, 5) is 3.20. The molecule has 1 atom stereocenters. The molecule has 3 N–H and O–H groups in total. The summed E-state index contributed by atoms with van der Waals surface area (Å²) in [5.41, 5.74) is 2.11. The highest BCUT2D eigenvalue weighted by molar-refractivity contribution is 7.93. The Morgan fingerprint density at radius 2 is 1.94 bits per heavy atom. The Hall–Kier alpha value is -2.24. The van der Waals surface area contributed by atoms with Crippen molar-refractivity contribution in [1.29, 1.82) is 0 Å². The molecule has 0 amide bonds. The number of thiazole rings is 1. The van der Waals surface area contributed by atoms with Gasteiger partial charge in [-0.25, -0.2) is 22.2 Å². The highest BCUT2D eigenvalue weighted by Gasteiger charge is 2.24. The zero-order valence-corrected chi connectivity index (χ0v) is 20.1. The van der Waals surface area contributed by atoms with Gasteiger partial charge in [-0.15, -0.1) is 11.3 Å². The van der Waals surface area contributed by atoms with Gasteiger partial charge in [-0.2, -0.15) is 0 Å². The molecule has 2 aromatic carbocycles. The standard InChI is InChI=1S/C21H18Cl2F2N4O2S2/c22-15-8-19(33(30,31)29-21-28-20(23)11-32-21)16(25)9-17(15)27-10-18-14(2-1-7-26-18)12-3-5-13(24)6-4-12/h2-6,8-9,11,18,26-27H,1,7,10H2,(H,28,29). The lowest BCUT2D eigenvalue weighted by molar-refractivity contribution is 0.570. The van der Waals surface area contributed by atoms with E-state index in [2.05, 4.69) is 26.4 Å². The number of sulfonamides is 1. The predicted octanol–water partition coefficient (Wildman–Crippen LogP) is 5.39. The zero-order chi connectivity index (χ0) is 23.6. The molecule has 6 nitrogen and oxygen atoms in total. The van der Waals surface area contributed by atoms with Crippen LogP contribution in [0.5, 0.6) is 0 Å². The number of aromatic nitrogens is 1. The average Bonchev–Trinajstić information content (AvgIpc) is 3.18. The molecule has 4 rings (SSSR count). The number of nitrogens with zero attached hydrogens (tertiary/aromatic N) is 1. The third kappa shape index (κ3) is 5.64. The highest BCUT2D eigenvalue weighted by Crippen LogP contribution is 2.31. The van der Waals surface area contributed by atoms with Crippen LogP contribution in [0.2, 0.25) is 10.2 Å². The van der Waals surface area contributed by atoms with Gasteiger partial charge in [-0.3, -0.25) is 4.72 Å². The topological polar surface area (TPSA) is 83.1 Å². The first-order valence-corrected chi connectivity index (χ1v) is 12.9. The van der Waals surface area contributed by atoms with Crippen LogP contribution in [0.15, 0.2) is 52.7 Å². The van der Waals surface area contributed by atoms with Crippen molar-refractivity contribution in [3.63, 3.8) is 0 Å². The van der Waals surface area contributed by atoms with E-state index < -0.39 is 20.7 Å². The van der Waals surface area contributed by atoms with Crippen LogP contribution in [0.3, 0.4) is 0 Å². The van der Waals surface area contributed by atoms with Gasteiger partial charge in [0.1, 0.15) is 21.7 Å². The first-order chi connectivity index (χ1) is 15.7. The summed E-state index contributed by atoms with van der Waals surface area (Å²) in [6, 6.07) is 8.15. The van der Waals surface area contributed by atoms with E-state index in [0.29, 0.717) is 6.54 Å². The predicted molar refractivity (Wildman–Crippen MR) is 129 cm³/mol. The van der Waals surface area contributed by atoms with E-state index in [1.807, 2.05) is 0 Å². The largest absolute Gasteiger partial charge is 0.382 e. The van der Waals surface area contributed by atoms with Crippen LogP contribution in [0, 0.1) is 11.6 Å². The molecule has 0 fully saturated rings. The van der Waals surface area contributed by atoms with Gasteiger partial charge in [0.2, 0.25) is 0 Å². The van der Waals surface area contributed by atoms with Crippen LogP contribution in [0.25, 0.3) is 5.57 Å². The maximum Gasteiger partial charge on any atom is 0.266 e. The molecule has 3 aromatic rings. The molecule has 0 radical (unpaired) electrons. The summed E-state index contributed by atoms with van der Waals surface area (Å²) >= 11 is 12.9. The summed E-state index contributed by atoms with van der Waals surface area (Å²) in [5, 5.41) is 8.07. The number of nitrogens with one attached hydrogen (secondary N) is 3. The fourth-order valence-corrected chi connectivity index (χ4v) is 5.91. The molecule has 0 saturated heterocycles. The molecule has 33 heavy (non-hydrogen) atoms. The molecule has 12 heteroatoms. The second-order valence-corrected chi connectivity index (χ2v) is 10.5. The van der Waals surface area contributed by atoms with Crippen LogP contribution < -0.4 is 15.4 Å². The summed E-state index contributed by atoms with van der Waals surface area (Å²) in [7, 11) is -4.25. The molecule has 1 aliphatic heterocycles. The van der Waals surface area contributed by atoms with Crippen molar-refractivity contribution in [2.75, 3.05) is 23.1 Å². The quantitative estimate of drug-likeness (QED) is 0.381. The van der Waals surface area contributed by atoms with E-state index >= 15 is 0 Å². The van der Waals surface area contributed by atoms with Crippen LogP contribution in [0.1, 0.15) is 12.0 Å². The van der Waals surface area contributed by atoms with Crippen molar-refractivity contribution in [3.05, 3.63) is 75.2 Å². The van der Waals surface area contributed by atoms with E-state index in [0.717, 1.165) is 47.6 Å². The smallest absolute Gasteiger partial charge is 0.266 e. The summed E-state index contributed by atoms with van der Waals surface area (Å²) in [5.74, 6) is -1.29.